The van der Waals surface area contributed by atoms with Crippen molar-refractivity contribution in [1.82, 2.24) is 0 Å². The van der Waals surface area contributed by atoms with Gasteiger partial charge in [0.1, 0.15) is 0 Å². The second-order valence-electron chi connectivity index (χ2n) is 4.09. The molecule has 0 spiro atoms. The fraction of sp³-hybridized carbons (Fsp3) is 0.133. The van der Waals surface area contributed by atoms with Gasteiger partial charge in [-0.3, -0.25) is 4.79 Å². The average molecular weight is 400 g/mol. The van der Waals surface area contributed by atoms with Gasteiger partial charge in [0.2, 0.25) is 0 Å². The van der Waals surface area contributed by atoms with E-state index < -0.39 is 0 Å². The zero-order valence-corrected chi connectivity index (χ0v) is 14.3. The zero-order valence-electron chi connectivity index (χ0n) is 10.3. The van der Waals surface area contributed by atoms with Crippen LogP contribution in [0.3, 0.4) is 0 Å². The molecular weight excluding hydrogens is 388 g/mol. The van der Waals surface area contributed by atoms with Crippen molar-refractivity contribution in [2.24, 2.45) is 0 Å². The van der Waals surface area contributed by atoms with Crippen molar-refractivity contribution >= 4 is 49.4 Å². The Balaban J connectivity index is 2.09. The Labute approximate surface area is 134 Å². The summed E-state index contributed by atoms with van der Waals surface area (Å²) in [7, 11) is 0. The van der Waals surface area contributed by atoms with Crippen LogP contribution in [-0.2, 0) is 0 Å². The molecule has 0 aliphatic rings. The summed E-state index contributed by atoms with van der Waals surface area (Å²) in [4.78, 5) is 13.4. The minimum Gasteiger partial charge on any atom is -0.293 e. The molecule has 98 valence electrons. The van der Waals surface area contributed by atoms with E-state index in [1.165, 1.54) is 0 Å². The number of hydrogen-bond donors (Lipinski definition) is 0. The number of halogens is 2. The molecule has 0 aliphatic carbocycles. The molecular formula is C15H12Br2OS. The van der Waals surface area contributed by atoms with Crippen molar-refractivity contribution in [3.63, 3.8) is 0 Å². The van der Waals surface area contributed by atoms with Gasteiger partial charge in [-0.1, -0.05) is 50.1 Å². The summed E-state index contributed by atoms with van der Waals surface area (Å²) in [6.07, 6.45) is 0. The second-order valence-corrected chi connectivity index (χ2v) is 7.33. The molecule has 0 aromatic heterocycles. The van der Waals surface area contributed by atoms with Crippen molar-refractivity contribution in [2.75, 3.05) is 0 Å². The summed E-state index contributed by atoms with van der Waals surface area (Å²) in [5.41, 5.74) is 0.748. The minimum atomic E-state index is -0.101. The van der Waals surface area contributed by atoms with Gasteiger partial charge < -0.3 is 0 Å². The normalized spacial score (nSPS) is 12.2. The molecule has 0 saturated heterocycles. The van der Waals surface area contributed by atoms with E-state index in [9.17, 15) is 4.79 Å². The van der Waals surface area contributed by atoms with E-state index in [1.54, 1.807) is 11.8 Å². The van der Waals surface area contributed by atoms with Crippen LogP contribution >= 0.6 is 43.6 Å². The van der Waals surface area contributed by atoms with E-state index >= 15 is 0 Å². The second kappa shape index (κ2) is 6.73. The number of hydrogen-bond acceptors (Lipinski definition) is 2. The third-order valence-corrected chi connectivity index (χ3v) is 4.72. The van der Waals surface area contributed by atoms with Crippen LogP contribution in [0.1, 0.15) is 17.3 Å². The van der Waals surface area contributed by atoms with E-state index in [1.807, 2.05) is 55.5 Å². The Bertz CT molecular complexity index is 581. The van der Waals surface area contributed by atoms with Crippen LogP contribution in [0.2, 0.25) is 0 Å². The molecule has 1 unspecified atom stereocenters. The SMILES string of the molecule is CC(Sc1cccc(Br)c1)C(=O)c1ccc(Br)cc1. The number of thioether (sulfide) groups is 1. The highest BCUT2D eigenvalue weighted by molar-refractivity contribution is 9.10. The predicted octanol–water partition coefficient (Wildman–Crippen LogP) is 5.58. The summed E-state index contributed by atoms with van der Waals surface area (Å²) >= 11 is 8.38. The van der Waals surface area contributed by atoms with Crippen LogP contribution in [0.5, 0.6) is 0 Å². The Morgan fingerprint density at radius 1 is 1.05 bits per heavy atom. The van der Waals surface area contributed by atoms with Crippen molar-refractivity contribution in [2.45, 2.75) is 17.1 Å². The van der Waals surface area contributed by atoms with Gasteiger partial charge in [0, 0.05) is 19.4 Å². The van der Waals surface area contributed by atoms with E-state index in [0.717, 1.165) is 19.4 Å². The number of carbonyl (C=O) groups excluding carboxylic acids is 1. The van der Waals surface area contributed by atoms with Crippen LogP contribution in [0, 0.1) is 0 Å². The Morgan fingerprint density at radius 2 is 1.74 bits per heavy atom. The monoisotopic (exact) mass is 398 g/mol. The van der Waals surface area contributed by atoms with Gasteiger partial charge in [-0.05, 0) is 37.3 Å². The third-order valence-electron chi connectivity index (χ3n) is 2.61. The van der Waals surface area contributed by atoms with Gasteiger partial charge in [0.25, 0.3) is 0 Å². The summed E-state index contributed by atoms with van der Waals surface area (Å²) in [5, 5.41) is -0.101. The summed E-state index contributed by atoms with van der Waals surface area (Å²) in [6, 6.07) is 15.5. The van der Waals surface area contributed by atoms with E-state index in [4.69, 9.17) is 0 Å². The highest BCUT2D eigenvalue weighted by atomic mass is 79.9. The molecule has 1 nitrogen and oxygen atoms in total. The molecule has 1 atom stereocenters. The molecule has 0 fully saturated rings. The third kappa shape index (κ3) is 4.20. The molecule has 0 N–H and O–H groups in total. The van der Waals surface area contributed by atoms with Gasteiger partial charge in [-0.25, -0.2) is 0 Å². The maximum absolute atomic E-state index is 12.3. The lowest BCUT2D eigenvalue weighted by molar-refractivity contribution is 0.0994. The number of benzene rings is 2. The van der Waals surface area contributed by atoms with Gasteiger partial charge in [-0.2, -0.15) is 0 Å². The van der Waals surface area contributed by atoms with Gasteiger partial charge in [0.05, 0.1) is 5.25 Å². The number of Topliss-reactive ketones (excluding diaryl/α,β-unsaturated/α-hetero) is 1. The molecule has 0 amide bonds. The maximum atomic E-state index is 12.3. The summed E-state index contributed by atoms with van der Waals surface area (Å²) in [6.45, 7) is 1.94. The van der Waals surface area contributed by atoms with Gasteiger partial charge in [0.15, 0.2) is 5.78 Å². The van der Waals surface area contributed by atoms with E-state index in [-0.39, 0.29) is 11.0 Å². The lowest BCUT2D eigenvalue weighted by atomic mass is 10.1. The van der Waals surface area contributed by atoms with Crippen LogP contribution in [0.4, 0.5) is 0 Å². The average Bonchev–Trinajstić information content (AvgIpc) is 2.39. The fourth-order valence-corrected chi connectivity index (χ4v) is 3.47. The quantitative estimate of drug-likeness (QED) is 0.493. The molecule has 2 rings (SSSR count). The van der Waals surface area contributed by atoms with Crippen molar-refractivity contribution in [1.29, 1.82) is 0 Å². The summed E-state index contributed by atoms with van der Waals surface area (Å²) in [5.74, 6) is 0.150. The van der Waals surface area contributed by atoms with Crippen LogP contribution in [0.25, 0.3) is 0 Å². The Hall–Kier alpha value is -0.580. The smallest absolute Gasteiger partial charge is 0.175 e. The number of rotatable bonds is 4. The van der Waals surface area contributed by atoms with Crippen LogP contribution in [-0.4, -0.2) is 11.0 Å². The highest BCUT2D eigenvalue weighted by Crippen LogP contribution is 2.28. The molecule has 0 heterocycles. The molecule has 0 aliphatic heterocycles. The van der Waals surface area contributed by atoms with E-state index in [0.29, 0.717) is 0 Å². The van der Waals surface area contributed by atoms with Crippen LogP contribution in [0.15, 0.2) is 62.4 Å². The molecule has 2 aromatic rings. The van der Waals surface area contributed by atoms with E-state index in [2.05, 4.69) is 31.9 Å². The number of ketones is 1. The van der Waals surface area contributed by atoms with Crippen molar-refractivity contribution < 1.29 is 4.79 Å². The first-order valence-electron chi connectivity index (χ1n) is 5.78. The molecule has 19 heavy (non-hydrogen) atoms. The summed E-state index contributed by atoms with van der Waals surface area (Å²) < 4.78 is 2.01. The molecule has 0 saturated carbocycles. The largest absolute Gasteiger partial charge is 0.293 e. The first-order chi connectivity index (χ1) is 9.06. The van der Waals surface area contributed by atoms with Crippen molar-refractivity contribution in [3.8, 4) is 0 Å². The first kappa shape index (κ1) is 14.8. The highest BCUT2D eigenvalue weighted by Gasteiger charge is 2.16. The maximum Gasteiger partial charge on any atom is 0.175 e. The van der Waals surface area contributed by atoms with Crippen molar-refractivity contribution in [3.05, 3.63) is 63.0 Å². The number of carbonyl (C=O) groups is 1. The predicted molar refractivity (Wildman–Crippen MR) is 87.9 cm³/mol. The topological polar surface area (TPSA) is 17.1 Å². The molecule has 0 radical (unpaired) electrons. The van der Waals surface area contributed by atoms with Crippen LogP contribution < -0.4 is 0 Å². The molecule has 0 bridgehead atoms. The fourth-order valence-electron chi connectivity index (χ4n) is 1.65. The molecule has 4 heteroatoms. The lowest BCUT2D eigenvalue weighted by Crippen LogP contribution is -2.13. The lowest BCUT2D eigenvalue weighted by Gasteiger charge is -2.10. The first-order valence-corrected chi connectivity index (χ1v) is 8.25. The van der Waals surface area contributed by atoms with Gasteiger partial charge in [-0.15, -0.1) is 11.8 Å². The Morgan fingerprint density at radius 3 is 2.37 bits per heavy atom. The van der Waals surface area contributed by atoms with Gasteiger partial charge >= 0.3 is 0 Å². The standard InChI is InChI=1S/C15H12Br2OS/c1-10(19-14-4-2-3-13(17)9-14)15(18)11-5-7-12(16)8-6-11/h2-10H,1H3. The molecule has 2 aromatic carbocycles. The minimum absolute atomic E-state index is 0.101. The zero-order chi connectivity index (χ0) is 13.8. The Kier molecular flexibility index (Phi) is 5.25.